The highest BCUT2D eigenvalue weighted by Gasteiger charge is 2.60. The van der Waals surface area contributed by atoms with E-state index in [-0.39, 0.29) is 11.6 Å². The summed E-state index contributed by atoms with van der Waals surface area (Å²) in [5.41, 5.74) is 2.56. The van der Waals surface area contributed by atoms with E-state index in [2.05, 4.69) is 39.0 Å². The molecule has 4 nitrogen and oxygen atoms in total. The van der Waals surface area contributed by atoms with Gasteiger partial charge in [-0.1, -0.05) is 22.0 Å². The van der Waals surface area contributed by atoms with Crippen LogP contribution in [-0.2, 0) is 17.8 Å². The van der Waals surface area contributed by atoms with Crippen molar-refractivity contribution in [1.82, 2.24) is 9.80 Å². The Bertz CT molecular complexity index is 661. The molecule has 1 aromatic carbocycles. The SMILES string of the molecule is CC(C)(C)OC(=O)N1CC2(N3Cc4ccc(Br)cc4C3)CC1C2. The molecule has 0 atom stereocenters. The van der Waals surface area contributed by atoms with Gasteiger partial charge in [0.2, 0.25) is 0 Å². The average Bonchev–Trinajstić information content (AvgIpc) is 3.05. The summed E-state index contributed by atoms with van der Waals surface area (Å²) in [7, 11) is 0. The number of nitrogens with zero attached hydrogens (tertiary/aromatic N) is 2. The molecule has 0 N–H and O–H groups in total. The molecule has 5 rings (SSSR count). The topological polar surface area (TPSA) is 32.8 Å². The molecular weight excluding hydrogens is 356 g/mol. The van der Waals surface area contributed by atoms with Gasteiger partial charge in [-0.05, 0) is 56.9 Å². The minimum atomic E-state index is -0.423. The number of carbonyl (C=O) groups excluding carboxylic acids is 1. The number of hydrogen-bond donors (Lipinski definition) is 0. The summed E-state index contributed by atoms with van der Waals surface area (Å²) in [6, 6.07) is 6.92. The van der Waals surface area contributed by atoms with Crippen molar-refractivity contribution in [2.75, 3.05) is 6.54 Å². The zero-order valence-electron chi connectivity index (χ0n) is 13.9. The van der Waals surface area contributed by atoms with E-state index < -0.39 is 5.60 Å². The van der Waals surface area contributed by atoms with Crippen molar-refractivity contribution in [3.05, 3.63) is 33.8 Å². The molecule has 1 amide bonds. The maximum absolute atomic E-state index is 12.4. The third kappa shape index (κ3) is 2.58. The van der Waals surface area contributed by atoms with E-state index in [1.54, 1.807) is 0 Å². The van der Waals surface area contributed by atoms with Gasteiger partial charge in [-0.2, -0.15) is 0 Å². The highest BCUT2D eigenvalue weighted by molar-refractivity contribution is 9.10. The highest BCUT2D eigenvalue weighted by atomic mass is 79.9. The second-order valence-electron chi connectivity index (χ2n) is 8.16. The van der Waals surface area contributed by atoms with Gasteiger partial charge in [-0.3, -0.25) is 4.90 Å². The normalized spacial score (nSPS) is 29.4. The van der Waals surface area contributed by atoms with E-state index in [1.165, 1.54) is 11.1 Å². The van der Waals surface area contributed by atoms with Gasteiger partial charge in [-0.15, -0.1) is 0 Å². The van der Waals surface area contributed by atoms with Crippen LogP contribution < -0.4 is 0 Å². The molecule has 3 heterocycles. The Labute approximate surface area is 145 Å². The fourth-order valence-electron chi connectivity index (χ4n) is 4.20. The molecule has 1 aliphatic carbocycles. The Kier molecular flexibility index (Phi) is 3.34. The summed E-state index contributed by atoms with van der Waals surface area (Å²) in [6.45, 7) is 8.57. The molecule has 0 spiro atoms. The third-order valence-corrected chi connectivity index (χ3v) is 5.82. The lowest BCUT2D eigenvalue weighted by Crippen LogP contribution is -2.52. The Balaban J connectivity index is 1.46. The van der Waals surface area contributed by atoms with Gasteiger partial charge in [-0.25, -0.2) is 4.79 Å². The summed E-state index contributed by atoms with van der Waals surface area (Å²) >= 11 is 3.56. The molecule has 3 aliphatic heterocycles. The second-order valence-corrected chi connectivity index (χ2v) is 9.08. The smallest absolute Gasteiger partial charge is 0.410 e. The first kappa shape index (κ1) is 15.5. The monoisotopic (exact) mass is 378 g/mol. The van der Waals surface area contributed by atoms with E-state index in [9.17, 15) is 4.79 Å². The van der Waals surface area contributed by atoms with Crippen molar-refractivity contribution in [1.29, 1.82) is 0 Å². The fraction of sp³-hybridized carbons (Fsp3) is 0.611. The molecule has 5 heteroatoms. The van der Waals surface area contributed by atoms with Crippen LogP contribution >= 0.6 is 15.9 Å². The van der Waals surface area contributed by atoms with Crippen LogP contribution in [0.2, 0.25) is 0 Å². The van der Waals surface area contributed by atoms with Crippen LogP contribution in [0.5, 0.6) is 0 Å². The van der Waals surface area contributed by atoms with Gasteiger partial charge in [0.1, 0.15) is 5.60 Å². The zero-order chi connectivity index (χ0) is 16.4. The largest absolute Gasteiger partial charge is 0.444 e. The molecule has 124 valence electrons. The summed E-state index contributed by atoms with van der Waals surface area (Å²) in [5, 5.41) is 0. The molecule has 0 aromatic heterocycles. The molecule has 1 aromatic rings. The van der Waals surface area contributed by atoms with Crippen molar-refractivity contribution < 1.29 is 9.53 Å². The van der Waals surface area contributed by atoms with Crippen molar-refractivity contribution in [3.63, 3.8) is 0 Å². The van der Waals surface area contributed by atoms with Gasteiger partial charge >= 0.3 is 6.09 Å². The van der Waals surface area contributed by atoms with E-state index in [4.69, 9.17) is 4.74 Å². The second kappa shape index (κ2) is 4.96. The number of amides is 1. The van der Waals surface area contributed by atoms with Crippen molar-refractivity contribution in [2.24, 2.45) is 0 Å². The number of fused-ring (bicyclic) bond motifs is 2. The van der Waals surface area contributed by atoms with Gasteiger partial charge < -0.3 is 9.64 Å². The maximum Gasteiger partial charge on any atom is 0.410 e. The predicted octanol–water partition coefficient (Wildman–Crippen LogP) is 3.92. The fourth-order valence-corrected chi connectivity index (χ4v) is 4.61. The van der Waals surface area contributed by atoms with Crippen LogP contribution in [0.4, 0.5) is 4.79 Å². The van der Waals surface area contributed by atoms with Gasteiger partial charge in [0.25, 0.3) is 0 Å². The summed E-state index contributed by atoms with van der Waals surface area (Å²) in [6.07, 6.45) is 2.02. The van der Waals surface area contributed by atoms with Crippen LogP contribution in [-0.4, -0.2) is 39.6 Å². The number of halogens is 1. The molecule has 2 saturated heterocycles. The minimum absolute atomic E-state index is 0.152. The van der Waals surface area contributed by atoms with Crippen LogP contribution in [0.25, 0.3) is 0 Å². The first-order valence-electron chi connectivity index (χ1n) is 8.28. The number of rotatable bonds is 1. The minimum Gasteiger partial charge on any atom is -0.444 e. The molecule has 3 fully saturated rings. The third-order valence-electron chi connectivity index (χ3n) is 5.33. The quantitative estimate of drug-likeness (QED) is 0.742. The van der Waals surface area contributed by atoms with Crippen LogP contribution in [0.3, 0.4) is 0 Å². The molecule has 23 heavy (non-hydrogen) atoms. The zero-order valence-corrected chi connectivity index (χ0v) is 15.5. The van der Waals surface area contributed by atoms with Crippen LogP contribution in [0.15, 0.2) is 22.7 Å². The summed E-state index contributed by atoms with van der Waals surface area (Å²) < 4.78 is 6.71. The van der Waals surface area contributed by atoms with Crippen molar-refractivity contribution >= 4 is 22.0 Å². The number of ether oxygens (including phenoxy) is 1. The summed E-state index contributed by atoms with van der Waals surface area (Å²) in [5.74, 6) is 0. The van der Waals surface area contributed by atoms with Gasteiger partial charge in [0.15, 0.2) is 0 Å². The van der Waals surface area contributed by atoms with Crippen LogP contribution in [0.1, 0.15) is 44.7 Å². The van der Waals surface area contributed by atoms with E-state index in [1.807, 2.05) is 25.7 Å². The molecule has 0 radical (unpaired) electrons. The van der Waals surface area contributed by atoms with Crippen molar-refractivity contribution in [2.45, 2.75) is 63.9 Å². The van der Waals surface area contributed by atoms with Crippen molar-refractivity contribution in [3.8, 4) is 0 Å². The first-order chi connectivity index (χ1) is 10.8. The number of hydrogen-bond acceptors (Lipinski definition) is 3. The standard InChI is InChI=1S/C18H23BrN2O2/c1-17(2,3)23-16(22)21-11-18(7-15(21)8-18)20-9-12-4-5-14(19)6-13(12)10-20/h4-6,15H,7-11H2,1-3H3. The average molecular weight is 379 g/mol. The van der Waals surface area contributed by atoms with Crippen LogP contribution in [0, 0.1) is 0 Å². The lowest BCUT2D eigenvalue weighted by Gasteiger charge is -2.44. The maximum atomic E-state index is 12.4. The lowest BCUT2D eigenvalue weighted by atomic mass is 9.76. The Morgan fingerprint density at radius 3 is 2.65 bits per heavy atom. The molecule has 4 aliphatic rings. The molecule has 1 saturated carbocycles. The number of carbonyl (C=O) groups is 1. The molecule has 2 bridgehead atoms. The summed E-state index contributed by atoms with van der Waals surface area (Å²) in [4.78, 5) is 16.9. The first-order valence-corrected chi connectivity index (χ1v) is 9.07. The van der Waals surface area contributed by atoms with E-state index in [0.717, 1.165) is 36.9 Å². The Hall–Kier alpha value is -1.07. The van der Waals surface area contributed by atoms with Gasteiger partial charge in [0.05, 0.1) is 0 Å². The number of benzene rings is 1. The van der Waals surface area contributed by atoms with Gasteiger partial charge in [0, 0.05) is 35.7 Å². The molecular formula is C18H23BrN2O2. The Morgan fingerprint density at radius 2 is 1.96 bits per heavy atom. The highest BCUT2D eigenvalue weighted by Crippen LogP contribution is 2.51. The van der Waals surface area contributed by atoms with E-state index >= 15 is 0 Å². The predicted molar refractivity (Wildman–Crippen MR) is 92.1 cm³/mol. The Morgan fingerprint density at radius 1 is 1.26 bits per heavy atom. The lowest BCUT2D eigenvalue weighted by molar-refractivity contribution is 0.0228. The van der Waals surface area contributed by atoms with E-state index in [0.29, 0.717) is 6.04 Å². The molecule has 0 unspecified atom stereocenters.